The zero-order valence-electron chi connectivity index (χ0n) is 6.37. The Bertz CT molecular complexity index is 199. The molecular weight excluding hydrogens is 210 g/mol. The van der Waals surface area contributed by atoms with E-state index in [4.69, 9.17) is 4.74 Å². The second-order valence-corrected chi connectivity index (χ2v) is 1.67. The molecule has 0 bridgehead atoms. The van der Waals surface area contributed by atoms with Crippen LogP contribution in [0.25, 0.3) is 0 Å². The predicted octanol–water partition coefficient (Wildman–Crippen LogP) is 1.10. The molecular formula is C6H10BrN3O. The highest BCUT2D eigenvalue weighted by molar-refractivity contribution is 8.93. The Hall–Kier alpha value is -0.840. The fourth-order valence-electron chi connectivity index (χ4n) is 0.576. The van der Waals surface area contributed by atoms with Gasteiger partial charge in [-0.05, 0) is 0 Å². The second-order valence-electron chi connectivity index (χ2n) is 1.67. The Kier molecular flexibility index (Phi) is 4.52. The van der Waals surface area contributed by atoms with Gasteiger partial charge in [-0.2, -0.15) is 4.98 Å². The molecule has 5 heteroatoms. The molecule has 0 atom stereocenters. The van der Waals surface area contributed by atoms with Crippen molar-refractivity contribution in [2.45, 2.75) is 0 Å². The average molecular weight is 220 g/mol. The smallest absolute Gasteiger partial charge is 0.225 e. The number of nitrogens with zero attached hydrogens (tertiary/aromatic N) is 2. The first-order valence-corrected chi connectivity index (χ1v) is 2.91. The Morgan fingerprint density at radius 1 is 1.55 bits per heavy atom. The van der Waals surface area contributed by atoms with Gasteiger partial charge in [-0.1, -0.05) is 0 Å². The molecule has 0 saturated carbocycles. The number of hydrogen-bond acceptors (Lipinski definition) is 4. The standard InChI is InChI=1S/C6H9N3O.BrH/c1-7-6-8-4-3-5(9-6)10-2;/h3-4H,1-2H3,(H,7,8,9);1H. The van der Waals surface area contributed by atoms with E-state index in [9.17, 15) is 0 Å². The fourth-order valence-corrected chi connectivity index (χ4v) is 0.576. The van der Waals surface area contributed by atoms with Gasteiger partial charge in [0.2, 0.25) is 11.8 Å². The minimum Gasteiger partial charge on any atom is -0.481 e. The van der Waals surface area contributed by atoms with Crippen LogP contribution in [-0.4, -0.2) is 24.1 Å². The topological polar surface area (TPSA) is 47.0 Å². The maximum absolute atomic E-state index is 4.87. The van der Waals surface area contributed by atoms with Gasteiger partial charge in [0.15, 0.2) is 0 Å². The van der Waals surface area contributed by atoms with Crippen LogP contribution in [0.1, 0.15) is 0 Å². The van der Waals surface area contributed by atoms with E-state index >= 15 is 0 Å². The molecule has 0 amide bonds. The fraction of sp³-hybridized carbons (Fsp3) is 0.333. The van der Waals surface area contributed by atoms with Gasteiger partial charge in [-0.25, -0.2) is 4.98 Å². The number of aromatic nitrogens is 2. The summed E-state index contributed by atoms with van der Waals surface area (Å²) in [5, 5.41) is 2.80. The van der Waals surface area contributed by atoms with Gasteiger partial charge in [0, 0.05) is 19.3 Å². The number of anilines is 1. The Morgan fingerprint density at radius 2 is 2.27 bits per heavy atom. The first-order valence-electron chi connectivity index (χ1n) is 2.91. The lowest BCUT2D eigenvalue weighted by Crippen LogP contribution is -1.96. The van der Waals surface area contributed by atoms with E-state index in [1.54, 1.807) is 26.4 Å². The molecule has 0 unspecified atom stereocenters. The molecule has 4 nitrogen and oxygen atoms in total. The maximum atomic E-state index is 4.87. The Labute approximate surface area is 75.8 Å². The lowest BCUT2D eigenvalue weighted by molar-refractivity contribution is 0.397. The SMILES string of the molecule is Br.CNc1nccc(OC)n1. The number of halogens is 1. The number of ether oxygens (including phenoxy) is 1. The van der Waals surface area contributed by atoms with Gasteiger partial charge >= 0.3 is 0 Å². The molecule has 0 fully saturated rings. The second kappa shape index (κ2) is 4.90. The lowest BCUT2D eigenvalue weighted by atomic mass is 10.6. The van der Waals surface area contributed by atoms with Crippen LogP contribution in [0.2, 0.25) is 0 Å². The summed E-state index contributed by atoms with van der Waals surface area (Å²) in [6.45, 7) is 0. The first kappa shape index (κ1) is 10.2. The molecule has 0 saturated heterocycles. The lowest BCUT2D eigenvalue weighted by Gasteiger charge is -1.99. The minimum atomic E-state index is 0. The third-order valence-corrected chi connectivity index (χ3v) is 1.06. The molecule has 0 spiro atoms. The summed E-state index contributed by atoms with van der Waals surface area (Å²) < 4.78 is 4.87. The number of methoxy groups -OCH3 is 1. The summed E-state index contributed by atoms with van der Waals surface area (Å²) in [5.74, 6) is 1.14. The molecule has 0 aliphatic rings. The van der Waals surface area contributed by atoms with Crippen LogP contribution in [0, 0.1) is 0 Å². The molecule has 1 aromatic heterocycles. The zero-order valence-corrected chi connectivity index (χ0v) is 8.08. The van der Waals surface area contributed by atoms with Crippen molar-refractivity contribution in [1.29, 1.82) is 0 Å². The number of hydrogen-bond donors (Lipinski definition) is 1. The Balaban J connectivity index is 0.000001000. The largest absolute Gasteiger partial charge is 0.481 e. The molecule has 1 heterocycles. The highest BCUT2D eigenvalue weighted by Crippen LogP contribution is 2.05. The van der Waals surface area contributed by atoms with Crippen molar-refractivity contribution in [2.75, 3.05) is 19.5 Å². The van der Waals surface area contributed by atoms with E-state index in [1.165, 1.54) is 0 Å². The molecule has 0 aromatic carbocycles. The van der Waals surface area contributed by atoms with Crippen molar-refractivity contribution in [1.82, 2.24) is 9.97 Å². The van der Waals surface area contributed by atoms with Crippen molar-refractivity contribution in [3.63, 3.8) is 0 Å². The maximum Gasteiger partial charge on any atom is 0.225 e. The predicted molar refractivity (Wildman–Crippen MR) is 48.5 cm³/mol. The number of rotatable bonds is 2. The van der Waals surface area contributed by atoms with Crippen LogP contribution in [-0.2, 0) is 0 Å². The molecule has 0 radical (unpaired) electrons. The summed E-state index contributed by atoms with van der Waals surface area (Å²) in [5.41, 5.74) is 0. The van der Waals surface area contributed by atoms with Crippen molar-refractivity contribution in [2.24, 2.45) is 0 Å². The van der Waals surface area contributed by atoms with E-state index in [0.29, 0.717) is 11.8 Å². The monoisotopic (exact) mass is 219 g/mol. The van der Waals surface area contributed by atoms with Gasteiger partial charge in [0.05, 0.1) is 7.11 Å². The van der Waals surface area contributed by atoms with Crippen LogP contribution in [0.15, 0.2) is 12.3 Å². The molecule has 1 N–H and O–H groups in total. The summed E-state index contributed by atoms with van der Waals surface area (Å²) in [7, 11) is 3.33. The molecule has 62 valence electrons. The Morgan fingerprint density at radius 3 is 2.82 bits per heavy atom. The van der Waals surface area contributed by atoms with Crippen LogP contribution in [0.3, 0.4) is 0 Å². The summed E-state index contributed by atoms with van der Waals surface area (Å²) in [6.07, 6.45) is 1.64. The van der Waals surface area contributed by atoms with E-state index in [0.717, 1.165) is 0 Å². The molecule has 11 heavy (non-hydrogen) atoms. The van der Waals surface area contributed by atoms with Crippen molar-refractivity contribution in [3.05, 3.63) is 12.3 Å². The molecule has 1 aromatic rings. The summed E-state index contributed by atoms with van der Waals surface area (Å²) >= 11 is 0. The molecule has 0 aliphatic heterocycles. The third-order valence-electron chi connectivity index (χ3n) is 1.06. The average Bonchev–Trinajstić information content (AvgIpc) is 2.05. The zero-order chi connectivity index (χ0) is 7.40. The quantitative estimate of drug-likeness (QED) is 0.810. The first-order chi connectivity index (χ1) is 4.86. The highest BCUT2D eigenvalue weighted by Gasteiger charge is 1.93. The van der Waals surface area contributed by atoms with Crippen LogP contribution in [0.4, 0.5) is 5.95 Å². The van der Waals surface area contributed by atoms with Crippen LogP contribution in [0.5, 0.6) is 5.88 Å². The molecule has 1 rings (SSSR count). The van der Waals surface area contributed by atoms with E-state index in [2.05, 4.69) is 15.3 Å². The van der Waals surface area contributed by atoms with E-state index < -0.39 is 0 Å². The van der Waals surface area contributed by atoms with Gasteiger partial charge in [-0.15, -0.1) is 17.0 Å². The van der Waals surface area contributed by atoms with Gasteiger partial charge < -0.3 is 10.1 Å². The van der Waals surface area contributed by atoms with Gasteiger partial charge in [0.25, 0.3) is 0 Å². The van der Waals surface area contributed by atoms with Crippen LogP contribution >= 0.6 is 17.0 Å². The van der Waals surface area contributed by atoms with E-state index in [-0.39, 0.29) is 17.0 Å². The van der Waals surface area contributed by atoms with E-state index in [1.807, 2.05) is 0 Å². The van der Waals surface area contributed by atoms with Crippen molar-refractivity contribution in [3.8, 4) is 5.88 Å². The van der Waals surface area contributed by atoms with Gasteiger partial charge in [0.1, 0.15) is 0 Å². The minimum absolute atomic E-state index is 0. The summed E-state index contributed by atoms with van der Waals surface area (Å²) in [6, 6.07) is 1.70. The number of nitrogens with one attached hydrogen (secondary N) is 1. The third kappa shape index (κ3) is 2.71. The van der Waals surface area contributed by atoms with Gasteiger partial charge in [-0.3, -0.25) is 0 Å². The highest BCUT2D eigenvalue weighted by atomic mass is 79.9. The van der Waals surface area contributed by atoms with Crippen molar-refractivity contribution >= 4 is 22.9 Å². The normalized spacial score (nSPS) is 8.18. The summed E-state index contributed by atoms with van der Waals surface area (Å²) in [4.78, 5) is 7.87. The van der Waals surface area contributed by atoms with Crippen LogP contribution < -0.4 is 10.1 Å². The van der Waals surface area contributed by atoms with Crippen molar-refractivity contribution < 1.29 is 4.74 Å². The molecule has 0 aliphatic carbocycles.